The number of hydrogen-bond donors (Lipinski definition) is 0. The molecule has 0 aliphatic heterocycles. The quantitative estimate of drug-likeness (QED) is 0.0936. The van der Waals surface area contributed by atoms with Gasteiger partial charge in [0.15, 0.2) is 5.82 Å². The summed E-state index contributed by atoms with van der Waals surface area (Å²) in [6.07, 6.45) is 20.4. The lowest BCUT2D eigenvalue weighted by molar-refractivity contribution is -0.134. The third-order valence-electron chi connectivity index (χ3n) is 7.48. The number of ether oxygens (including phenoxy) is 1. The SMILES string of the molecule is CCCCCCCCCc1ccc(-c2ncc(-c3ccc(OC(=O)CCCC(C)CCCC)cc3)cn2)cc1. The molecule has 1 unspecified atom stereocenters. The van der Waals surface area contributed by atoms with E-state index in [0.717, 1.165) is 41.8 Å². The van der Waals surface area contributed by atoms with E-state index in [4.69, 9.17) is 4.74 Å². The summed E-state index contributed by atoms with van der Waals surface area (Å²) in [5.41, 5.74) is 4.35. The van der Waals surface area contributed by atoms with Gasteiger partial charge >= 0.3 is 5.97 Å². The number of carbonyl (C=O) groups is 1. The van der Waals surface area contributed by atoms with E-state index >= 15 is 0 Å². The maximum atomic E-state index is 12.2. The fourth-order valence-corrected chi connectivity index (χ4v) is 4.92. The number of unbranched alkanes of at least 4 members (excludes halogenated alkanes) is 7. The molecule has 1 heterocycles. The van der Waals surface area contributed by atoms with E-state index in [-0.39, 0.29) is 5.97 Å². The van der Waals surface area contributed by atoms with Crippen molar-refractivity contribution in [2.45, 2.75) is 111 Å². The summed E-state index contributed by atoms with van der Waals surface area (Å²) in [7, 11) is 0. The third kappa shape index (κ3) is 11.3. The zero-order chi connectivity index (χ0) is 27.7. The molecule has 0 aliphatic rings. The van der Waals surface area contributed by atoms with Gasteiger partial charge in [0, 0.05) is 29.9 Å². The molecule has 0 saturated heterocycles. The molecular weight excluding hydrogens is 480 g/mol. The van der Waals surface area contributed by atoms with Crippen LogP contribution in [-0.2, 0) is 11.2 Å². The Morgan fingerprint density at radius 3 is 1.95 bits per heavy atom. The van der Waals surface area contributed by atoms with Gasteiger partial charge in [0.2, 0.25) is 0 Å². The zero-order valence-electron chi connectivity index (χ0n) is 24.5. The molecule has 0 aliphatic carbocycles. The molecule has 1 atom stereocenters. The smallest absolute Gasteiger partial charge is 0.311 e. The van der Waals surface area contributed by atoms with Crippen molar-refractivity contribution in [3.8, 4) is 28.3 Å². The summed E-state index contributed by atoms with van der Waals surface area (Å²) in [4.78, 5) is 21.4. The highest BCUT2D eigenvalue weighted by Crippen LogP contribution is 2.24. The Kier molecular flexibility index (Phi) is 13.7. The van der Waals surface area contributed by atoms with Crippen molar-refractivity contribution in [2.24, 2.45) is 5.92 Å². The van der Waals surface area contributed by atoms with Crippen LogP contribution in [0.25, 0.3) is 22.5 Å². The molecule has 1 aromatic heterocycles. The van der Waals surface area contributed by atoms with Gasteiger partial charge in [-0.1, -0.05) is 121 Å². The van der Waals surface area contributed by atoms with Gasteiger partial charge in [0.05, 0.1) is 0 Å². The van der Waals surface area contributed by atoms with E-state index in [1.165, 1.54) is 69.8 Å². The first-order chi connectivity index (χ1) is 19.1. The van der Waals surface area contributed by atoms with Crippen LogP contribution < -0.4 is 4.74 Å². The van der Waals surface area contributed by atoms with Crippen LogP contribution in [0.5, 0.6) is 5.75 Å². The van der Waals surface area contributed by atoms with Crippen LogP contribution in [0, 0.1) is 5.92 Å². The van der Waals surface area contributed by atoms with Crippen LogP contribution >= 0.6 is 0 Å². The Morgan fingerprint density at radius 2 is 1.28 bits per heavy atom. The van der Waals surface area contributed by atoms with Crippen molar-refractivity contribution in [2.75, 3.05) is 0 Å². The van der Waals surface area contributed by atoms with E-state index < -0.39 is 0 Å². The number of carbonyl (C=O) groups excluding carboxylic acids is 1. The van der Waals surface area contributed by atoms with Crippen LogP contribution in [0.3, 0.4) is 0 Å². The zero-order valence-corrected chi connectivity index (χ0v) is 24.5. The lowest BCUT2D eigenvalue weighted by Gasteiger charge is -2.10. The topological polar surface area (TPSA) is 52.1 Å². The molecule has 0 saturated carbocycles. The minimum absolute atomic E-state index is 0.161. The van der Waals surface area contributed by atoms with Gasteiger partial charge < -0.3 is 4.74 Å². The van der Waals surface area contributed by atoms with Crippen molar-refractivity contribution in [3.63, 3.8) is 0 Å². The second-order valence-corrected chi connectivity index (χ2v) is 11.0. The molecule has 4 nitrogen and oxygen atoms in total. The Morgan fingerprint density at radius 1 is 0.692 bits per heavy atom. The molecule has 4 heteroatoms. The Balaban J connectivity index is 1.43. The third-order valence-corrected chi connectivity index (χ3v) is 7.48. The molecule has 3 rings (SSSR count). The number of rotatable bonds is 18. The van der Waals surface area contributed by atoms with Crippen molar-refractivity contribution >= 4 is 5.97 Å². The highest BCUT2D eigenvalue weighted by Gasteiger charge is 2.09. The highest BCUT2D eigenvalue weighted by molar-refractivity contribution is 5.73. The number of aryl methyl sites for hydroxylation is 1. The van der Waals surface area contributed by atoms with Crippen LogP contribution in [0.2, 0.25) is 0 Å². The van der Waals surface area contributed by atoms with Crippen molar-refractivity contribution in [1.29, 1.82) is 0 Å². The van der Waals surface area contributed by atoms with Crippen LogP contribution in [-0.4, -0.2) is 15.9 Å². The van der Waals surface area contributed by atoms with E-state index in [1.54, 1.807) is 0 Å². The molecule has 0 spiro atoms. The molecule has 0 bridgehead atoms. The summed E-state index contributed by atoms with van der Waals surface area (Å²) in [5.74, 6) is 1.82. The fraction of sp³-hybridized carbons (Fsp3) is 0.514. The number of aromatic nitrogens is 2. The standard InChI is InChI=1S/C35H48N2O2/c1-4-6-8-9-10-11-12-16-29-18-20-31(21-19-29)35-36-26-32(27-37-35)30-22-24-33(25-23-30)39-34(38)17-13-15-28(3)14-7-5-2/h18-28H,4-17H2,1-3H3. The maximum absolute atomic E-state index is 12.2. The molecule has 3 aromatic rings. The van der Waals surface area contributed by atoms with Gasteiger partial charge in [0.25, 0.3) is 0 Å². The normalized spacial score (nSPS) is 11.9. The maximum Gasteiger partial charge on any atom is 0.311 e. The Labute approximate surface area is 236 Å². The molecule has 39 heavy (non-hydrogen) atoms. The number of hydrogen-bond acceptors (Lipinski definition) is 4. The van der Waals surface area contributed by atoms with Crippen molar-refractivity contribution in [3.05, 3.63) is 66.5 Å². The molecule has 0 amide bonds. The van der Waals surface area contributed by atoms with Gasteiger partial charge in [-0.15, -0.1) is 0 Å². The molecule has 0 fully saturated rings. The second kappa shape index (κ2) is 17.6. The van der Waals surface area contributed by atoms with Crippen LogP contribution in [0.4, 0.5) is 0 Å². The average Bonchev–Trinajstić information content (AvgIpc) is 2.96. The van der Waals surface area contributed by atoms with Gasteiger partial charge in [-0.25, -0.2) is 9.97 Å². The monoisotopic (exact) mass is 528 g/mol. The predicted molar refractivity (Wildman–Crippen MR) is 163 cm³/mol. The Hall–Kier alpha value is -3.01. The van der Waals surface area contributed by atoms with Crippen molar-refractivity contribution < 1.29 is 9.53 Å². The summed E-state index contributed by atoms with van der Waals surface area (Å²) in [5, 5.41) is 0. The summed E-state index contributed by atoms with van der Waals surface area (Å²) >= 11 is 0. The lowest BCUT2D eigenvalue weighted by atomic mass is 9.98. The molecule has 2 aromatic carbocycles. The first kappa shape index (κ1) is 30.5. The summed E-state index contributed by atoms with van der Waals surface area (Å²) < 4.78 is 5.54. The van der Waals surface area contributed by atoms with Gasteiger partial charge in [0.1, 0.15) is 5.75 Å². The summed E-state index contributed by atoms with van der Waals surface area (Å²) in [6, 6.07) is 16.2. The molecule has 210 valence electrons. The minimum Gasteiger partial charge on any atom is -0.427 e. The van der Waals surface area contributed by atoms with Gasteiger partial charge in [-0.2, -0.15) is 0 Å². The number of nitrogens with zero attached hydrogens (tertiary/aromatic N) is 2. The predicted octanol–water partition coefficient (Wildman–Crippen LogP) is 10.0. The second-order valence-electron chi connectivity index (χ2n) is 11.0. The lowest BCUT2D eigenvalue weighted by Crippen LogP contribution is -2.08. The first-order valence-electron chi connectivity index (χ1n) is 15.3. The van der Waals surface area contributed by atoms with Crippen molar-refractivity contribution in [1.82, 2.24) is 9.97 Å². The average molecular weight is 529 g/mol. The summed E-state index contributed by atoms with van der Waals surface area (Å²) in [6.45, 7) is 6.75. The Bertz CT molecular complexity index is 1080. The van der Waals surface area contributed by atoms with Crippen LogP contribution in [0.15, 0.2) is 60.9 Å². The first-order valence-corrected chi connectivity index (χ1v) is 15.3. The molecule has 0 radical (unpaired) electrons. The fourth-order valence-electron chi connectivity index (χ4n) is 4.92. The van der Waals surface area contributed by atoms with E-state index in [1.807, 2.05) is 36.7 Å². The molecule has 0 N–H and O–H groups in total. The molecular formula is C35H48N2O2. The number of esters is 1. The largest absolute Gasteiger partial charge is 0.427 e. The number of benzene rings is 2. The van der Waals surface area contributed by atoms with E-state index in [9.17, 15) is 4.79 Å². The minimum atomic E-state index is -0.161. The van der Waals surface area contributed by atoms with E-state index in [2.05, 4.69) is 55.0 Å². The van der Waals surface area contributed by atoms with E-state index in [0.29, 0.717) is 18.1 Å². The van der Waals surface area contributed by atoms with Crippen LogP contribution in [0.1, 0.15) is 110 Å². The highest BCUT2D eigenvalue weighted by atomic mass is 16.5. The van der Waals surface area contributed by atoms with Gasteiger partial charge in [-0.05, 0) is 48.4 Å². The van der Waals surface area contributed by atoms with Gasteiger partial charge in [-0.3, -0.25) is 4.79 Å².